The van der Waals surface area contributed by atoms with Crippen molar-refractivity contribution in [2.45, 2.75) is 24.3 Å². The van der Waals surface area contributed by atoms with Crippen LogP contribution in [0.3, 0.4) is 0 Å². The highest BCUT2D eigenvalue weighted by Crippen LogP contribution is 2.22. The molecule has 0 amide bonds. The van der Waals surface area contributed by atoms with Gasteiger partial charge in [0.2, 0.25) is 0 Å². The van der Waals surface area contributed by atoms with Crippen LogP contribution in [0, 0.1) is 0 Å². The first-order valence-electron chi connectivity index (χ1n) is 6.88. The Bertz CT molecular complexity index is 777. The molecule has 2 aromatic carbocycles. The molecule has 1 aromatic heterocycles. The van der Waals surface area contributed by atoms with Crippen molar-refractivity contribution in [1.82, 2.24) is 9.97 Å². The fourth-order valence-corrected chi connectivity index (χ4v) is 3.44. The van der Waals surface area contributed by atoms with E-state index in [-0.39, 0.29) is 0 Å². The van der Waals surface area contributed by atoms with Crippen LogP contribution < -0.4 is 5.73 Å². The normalized spacial score (nSPS) is 12.6. The van der Waals surface area contributed by atoms with Crippen molar-refractivity contribution in [1.29, 1.82) is 0 Å². The number of imidazole rings is 1. The molecule has 21 heavy (non-hydrogen) atoms. The van der Waals surface area contributed by atoms with E-state index in [9.17, 15) is 4.21 Å². The third-order valence-electron chi connectivity index (χ3n) is 3.54. The first kappa shape index (κ1) is 13.8. The van der Waals surface area contributed by atoms with Gasteiger partial charge in [-0.3, -0.25) is 4.21 Å². The number of aromatic nitrogens is 2. The van der Waals surface area contributed by atoms with Crippen molar-refractivity contribution in [3.05, 3.63) is 53.6 Å². The summed E-state index contributed by atoms with van der Waals surface area (Å²) in [4.78, 5) is 7.50. The van der Waals surface area contributed by atoms with Crippen LogP contribution in [0.1, 0.15) is 18.1 Å². The predicted molar refractivity (Wildman–Crippen MR) is 86.4 cm³/mol. The van der Waals surface area contributed by atoms with E-state index >= 15 is 0 Å². The van der Waals surface area contributed by atoms with E-state index in [1.165, 1.54) is 0 Å². The molecule has 3 rings (SSSR count). The number of hydrogen-bond acceptors (Lipinski definition) is 3. The maximum absolute atomic E-state index is 12.5. The molecule has 0 bridgehead atoms. The van der Waals surface area contributed by atoms with Crippen molar-refractivity contribution in [3.63, 3.8) is 0 Å². The van der Waals surface area contributed by atoms with Gasteiger partial charge in [-0.05, 0) is 29.7 Å². The molecule has 0 saturated heterocycles. The summed E-state index contributed by atoms with van der Waals surface area (Å²) in [5.74, 6) is 0.374. The highest BCUT2D eigenvalue weighted by atomic mass is 32.2. The summed E-state index contributed by atoms with van der Waals surface area (Å²) in [7, 11) is -1.23. The zero-order chi connectivity index (χ0) is 14.8. The summed E-state index contributed by atoms with van der Waals surface area (Å²) in [5, 5.41) is 0.498. The van der Waals surface area contributed by atoms with E-state index in [4.69, 9.17) is 5.73 Å². The third-order valence-corrected chi connectivity index (χ3v) is 4.74. The number of nitrogens with zero attached hydrogens (tertiary/aromatic N) is 1. The predicted octanol–water partition coefficient (Wildman–Crippen LogP) is 3.02. The van der Waals surface area contributed by atoms with Gasteiger partial charge in [-0.15, -0.1) is 0 Å². The van der Waals surface area contributed by atoms with Crippen molar-refractivity contribution >= 4 is 27.5 Å². The second-order valence-corrected chi connectivity index (χ2v) is 6.26. The van der Waals surface area contributed by atoms with Crippen LogP contribution in [0.15, 0.2) is 47.6 Å². The topological polar surface area (TPSA) is 71.8 Å². The second-order valence-electron chi connectivity index (χ2n) is 4.89. The van der Waals surface area contributed by atoms with E-state index in [1.54, 1.807) is 0 Å². The Morgan fingerprint density at radius 3 is 2.67 bits per heavy atom. The lowest BCUT2D eigenvalue weighted by molar-refractivity contribution is 0.677. The minimum absolute atomic E-state index is 0.374. The van der Waals surface area contributed by atoms with E-state index in [0.29, 0.717) is 10.9 Å². The lowest BCUT2D eigenvalue weighted by Gasteiger charge is -2.08. The highest BCUT2D eigenvalue weighted by Gasteiger charge is 2.13. The number of anilines is 1. The molecule has 0 aliphatic carbocycles. The first-order valence-corrected chi connectivity index (χ1v) is 8.20. The number of aryl methyl sites for hydroxylation is 1. The van der Waals surface area contributed by atoms with E-state index in [2.05, 4.69) is 16.9 Å². The molecular weight excluding hydrogens is 282 g/mol. The number of H-pyrrole nitrogens is 1. The van der Waals surface area contributed by atoms with Gasteiger partial charge in [0.1, 0.15) is 0 Å². The molecule has 0 aliphatic rings. The largest absolute Gasteiger partial charge is 0.398 e. The summed E-state index contributed by atoms with van der Waals surface area (Å²) in [5.41, 5.74) is 10.6. The summed E-state index contributed by atoms with van der Waals surface area (Å²) in [6, 6.07) is 13.6. The Labute approximate surface area is 125 Å². The lowest BCUT2D eigenvalue weighted by Crippen LogP contribution is -2.04. The molecule has 0 saturated carbocycles. The molecule has 108 valence electrons. The van der Waals surface area contributed by atoms with Crippen molar-refractivity contribution in [2.24, 2.45) is 0 Å². The SMILES string of the molecule is CCc1cccc(CS(=O)c2nc3ccccc3[nH]2)c1N. The Balaban J connectivity index is 1.89. The molecule has 0 fully saturated rings. The molecule has 3 N–H and O–H groups in total. The molecule has 0 aliphatic heterocycles. The standard InChI is InChI=1S/C16H17N3OS/c1-2-11-6-5-7-12(15(11)17)10-21(20)16-18-13-8-3-4-9-14(13)19-16/h3-9H,2,10,17H2,1H3,(H,18,19). The third kappa shape index (κ3) is 2.69. The molecule has 1 unspecified atom stereocenters. The van der Waals surface area contributed by atoms with Gasteiger partial charge in [-0.1, -0.05) is 37.3 Å². The van der Waals surface area contributed by atoms with Gasteiger partial charge in [-0.2, -0.15) is 0 Å². The molecule has 0 spiro atoms. The quantitative estimate of drug-likeness (QED) is 0.727. The Morgan fingerprint density at radius 1 is 1.14 bits per heavy atom. The summed E-state index contributed by atoms with van der Waals surface area (Å²) in [6.07, 6.45) is 0.872. The number of nitrogens with one attached hydrogen (secondary N) is 1. The van der Waals surface area contributed by atoms with Gasteiger partial charge >= 0.3 is 0 Å². The van der Waals surface area contributed by atoms with Crippen LogP contribution in [0.5, 0.6) is 0 Å². The van der Waals surface area contributed by atoms with Crippen LogP contribution in [0.25, 0.3) is 11.0 Å². The van der Waals surface area contributed by atoms with Crippen LogP contribution >= 0.6 is 0 Å². The number of rotatable bonds is 4. The number of hydrogen-bond donors (Lipinski definition) is 2. The average Bonchev–Trinajstić information content (AvgIpc) is 2.93. The van der Waals surface area contributed by atoms with Gasteiger partial charge in [0.15, 0.2) is 5.16 Å². The number of nitrogen functional groups attached to an aromatic ring is 1. The number of fused-ring (bicyclic) bond motifs is 1. The lowest BCUT2D eigenvalue weighted by atomic mass is 10.1. The molecule has 1 atom stereocenters. The van der Waals surface area contributed by atoms with Gasteiger partial charge in [0.05, 0.1) is 27.6 Å². The molecule has 0 radical (unpaired) electrons. The smallest absolute Gasteiger partial charge is 0.197 e. The molecule has 1 heterocycles. The van der Waals surface area contributed by atoms with Gasteiger partial charge in [0.25, 0.3) is 0 Å². The van der Waals surface area contributed by atoms with Crippen molar-refractivity contribution in [3.8, 4) is 0 Å². The molecular formula is C16H17N3OS. The van der Waals surface area contributed by atoms with E-state index in [0.717, 1.165) is 34.3 Å². The van der Waals surface area contributed by atoms with Crippen LogP contribution in [-0.2, 0) is 23.0 Å². The second kappa shape index (κ2) is 5.69. The summed E-state index contributed by atoms with van der Waals surface area (Å²) >= 11 is 0. The number of benzene rings is 2. The number of aromatic amines is 1. The zero-order valence-corrected chi connectivity index (χ0v) is 12.6. The molecule has 3 aromatic rings. The van der Waals surface area contributed by atoms with Gasteiger partial charge in [-0.25, -0.2) is 4.98 Å². The number of para-hydroxylation sites is 3. The monoisotopic (exact) mass is 299 g/mol. The maximum atomic E-state index is 12.5. The fraction of sp³-hybridized carbons (Fsp3) is 0.188. The Kier molecular flexibility index (Phi) is 3.75. The summed E-state index contributed by atoms with van der Waals surface area (Å²) in [6.45, 7) is 2.06. The molecule has 4 nitrogen and oxygen atoms in total. The van der Waals surface area contributed by atoms with Crippen molar-refractivity contribution < 1.29 is 4.21 Å². The minimum atomic E-state index is -1.23. The van der Waals surface area contributed by atoms with Crippen LogP contribution in [-0.4, -0.2) is 14.2 Å². The Morgan fingerprint density at radius 2 is 1.90 bits per heavy atom. The fourth-order valence-electron chi connectivity index (χ4n) is 2.35. The van der Waals surface area contributed by atoms with Crippen molar-refractivity contribution in [2.75, 3.05) is 5.73 Å². The zero-order valence-electron chi connectivity index (χ0n) is 11.8. The molecule has 5 heteroatoms. The number of nitrogens with two attached hydrogens (primary N) is 1. The van der Waals surface area contributed by atoms with Gasteiger partial charge in [0, 0.05) is 5.69 Å². The van der Waals surface area contributed by atoms with Crippen LogP contribution in [0.2, 0.25) is 0 Å². The van der Waals surface area contributed by atoms with E-state index in [1.807, 2.05) is 42.5 Å². The highest BCUT2D eigenvalue weighted by molar-refractivity contribution is 7.84. The van der Waals surface area contributed by atoms with E-state index < -0.39 is 10.8 Å². The minimum Gasteiger partial charge on any atom is -0.398 e. The van der Waals surface area contributed by atoms with Crippen LogP contribution in [0.4, 0.5) is 5.69 Å². The first-order chi connectivity index (χ1) is 10.2. The van der Waals surface area contributed by atoms with Gasteiger partial charge < -0.3 is 10.7 Å². The average molecular weight is 299 g/mol. The summed E-state index contributed by atoms with van der Waals surface area (Å²) < 4.78 is 12.5. The maximum Gasteiger partial charge on any atom is 0.197 e. The Hall–Kier alpha value is -2.14.